The summed E-state index contributed by atoms with van der Waals surface area (Å²) >= 11 is 0. The minimum absolute atomic E-state index is 0.0622. The van der Waals surface area contributed by atoms with Crippen molar-refractivity contribution in [2.45, 2.75) is 57.1 Å². The van der Waals surface area contributed by atoms with Crippen LogP contribution in [0, 0.1) is 0 Å². The summed E-state index contributed by atoms with van der Waals surface area (Å²) in [6.07, 6.45) is 7.76. The van der Waals surface area contributed by atoms with Crippen molar-refractivity contribution in [3.8, 4) is 0 Å². The van der Waals surface area contributed by atoms with Crippen LogP contribution in [0.5, 0.6) is 0 Å². The summed E-state index contributed by atoms with van der Waals surface area (Å²) in [5, 5.41) is 0. The van der Waals surface area contributed by atoms with E-state index in [1.54, 1.807) is 0 Å². The first-order chi connectivity index (χ1) is 12.3. The van der Waals surface area contributed by atoms with Crippen LogP contribution in [0.15, 0.2) is 24.3 Å². The highest BCUT2D eigenvalue weighted by molar-refractivity contribution is 5.77. The van der Waals surface area contributed by atoms with Gasteiger partial charge in [-0.2, -0.15) is 0 Å². The first-order valence-electron chi connectivity index (χ1n) is 10.0. The van der Waals surface area contributed by atoms with Crippen LogP contribution in [0.2, 0.25) is 0 Å². The Kier molecular flexibility index (Phi) is 5.37. The molecule has 4 nitrogen and oxygen atoms in total. The Hall–Kier alpha value is -1.39. The van der Waals surface area contributed by atoms with Crippen LogP contribution in [0.3, 0.4) is 0 Å². The summed E-state index contributed by atoms with van der Waals surface area (Å²) < 4.78 is 5.95. The minimum atomic E-state index is -0.0622. The maximum atomic E-state index is 12.9. The van der Waals surface area contributed by atoms with Gasteiger partial charge in [-0.15, -0.1) is 0 Å². The van der Waals surface area contributed by atoms with Gasteiger partial charge in [0.1, 0.15) is 0 Å². The van der Waals surface area contributed by atoms with Gasteiger partial charge < -0.3 is 9.64 Å². The molecule has 136 valence electrons. The summed E-state index contributed by atoms with van der Waals surface area (Å²) in [6.45, 7) is 4.98. The van der Waals surface area contributed by atoms with Crippen molar-refractivity contribution in [2.75, 3.05) is 32.8 Å². The number of ether oxygens (including phenoxy) is 1. The second kappa shape index (κ2) is 7.88. The van der Waals surface area contributed by atoms with E-state index in [9.17, 15) is 4.79 Å². The molecule has 1 aromatic rings. The van der Waals surface area contributed by atoms with E-state index in [2.05, 4.69) is 34.1 Å². The van der Waals surface area contributed by atoms with Crippen LogP contribution in [0.4, 0.5) is 0 Å². The first-order valence-corrected chi connectivity index (χ1v) is 10.0. The van der Waals surface area contributed by atoms with Crippen molar-refractivity contribution in [1.29, 1.82) is 0 Å². The highest BCUT2D eigenvalue weighted by Gasteiger charge is 2.31. The van der Waals surface area contributed by atoms with Crippen molar-refractivity contribution >= 4 is 5.91 Å². The molecule has 4 rings (SSSR count). The summed E-state index contributed by atoms with van der Waals surface area (Å²) in [4.78, 5) is 17.7. The summed E-state index contributed by atoms with van der Waals surface area (Å²) in [6, 6.07) is 8.99. The minimum Gasteiger partial charge on any atom is -0.373 e. The van der Waals surface area contributed by atoms with E-state index in [0.29, 0.717) is 12.5 Å². The molecule has 0 radical (unpaired) electrons. The van der Waals surface area contributed by atoms with E-state index in [1.807, 2.05) is 0 Å². The summed E-state index contributed by atoms with van der Waals surface area (Å²) in [7, 11) is 0. The smallest absolute Gasteiger partial charge is 0.225 e. The molecule has 3 aliphatic rings. The lowest BCUT2D eigenvalue weighted by Gasteiger charge is -2.41. The Labute approximate surface area is 151 Å². The quantitative estimate of drug-likeness (QED) is 0.846. The van der Waals surface area contributed by atoms with E-state index < -0.39 is 0 Å². The fraction of sp³-hybridized carbons (Fsp3) is 0.667. The number of nitrogens with zero attached hydrogens (tertiary/aromatic N) is 2. The number of benzene rings is 1. The van der Waals surface area contributed by atoms with Gasteiger partial charge in [0.15, 0.2) is 0 Å². The van der Waals surface area contributed by atoms with Gasteiger partial charge in [-0.05, 0) is 56.3 Å². The van der Waals surface area contributed by atoms with E-state index in [4.69, 9.17) is 4.74 Å². The number of piperidine rings is 2. The van der Waals surface area contributed by atoms with Gasteiger partial charge >= 0.3 is 0 Å². The molecule has 2 atom stereocenters. The molecule has 2 fully saturated rings. The van der Waals surface area contributed by atoms with Crippen LogP contribution in [0.1, 0.15) is 55.8 Å². The normalized spacial score (nSPS) is 27.8. The van der Waals surface area contributed by atoms with Crippen LogP contribution in [-0.4, -0.2) is 54.5 Å². The lowest BCUT2D eigenvalue weighted by atomic mass is 9.95. The zero-order valence-corrected chi connectivity index (χ0v) is 15.2. The van der Waals surface area contributed by atoms with Crippen LogP contribution >= 0.6 is 0 Å². The Morgan fingerprint density at radius 3 is 2.80 bits per heavy atom. The number of rotatable bonds is 3. The van der Waals surface area contributed by atoms with Gasteiger partial charge in [-0.3, -0.25) is 9.69 Å². The molecule has 1 amide bonds. The maximum absolute atomic E-state index is 12.9. The zero-order valence-electron chi connectivity index (χ0n) is 15.2. The summed E-state index contributed by atoms with van der Waals surface area (Å²) in [5.41, 5.74) is 2.56. The number of fused-ring (bicyclic) bond motifs is 1. The average molecular weight is 342 g/mol. The topological polar surface area (TPSA) is 32.8 Å². The Balaban J connectivity index is 1.38. The van der Waals surface area contributed by atoms with E-state index in [0.717, 1.165) is 32.5 Å². The number of likely N-dealkylation sites (tertiary alicyclic amines) is 2. The Morgan fingerprint density at radius 2 is 1.92 bits per heavy atom. The van der Waals surface area contributed by atoms with E-state index >= 15 is 0 Å². The van der Waals surface area contributed by atoms with E-state index in [1.165, 1.54) is 49.9 Å². The fourth-order valence-corrected chi connectivity index (χ4v) is 4.70. The molecule has 0 spiro atoms. The fourth-order valence-electron chi connectivity index (χ4n) is 4.70. The number of amides is 1. The lowest BCUT2D eigenvalue weighted by molar-refractivity contribution is -0.137. The van der Waals surface area contributed by atoms with Gasteiger partial charge in [0.2, 0.25) is 5.91 Å². The standard InChI is InChI=1S/C21H30N2O2/c24-21(15-20-19-9-3-2-7-17(19)10-14-25-20)23-13-6-8-18(16-23)22-11-4-1-5-12-22/h2-3,7,9,18,20H,1,4-6,8,10-16H2/t18-,20+/m1/s1. The predicted molar refractivity (Wildman–Crippen MR) is 98.5 cm³/mol. The molecule has 0 N–H and O–H groups in total. The van der Waals surface area contributed by atoms with Crippen molar-refractivity contribution in [2.24, 2.45) is 0 Å². The van der Waals surface area contributed by atoms with Crippen LogP contribution < -0.4 is 0 Å². The molecule has 0 aliphatic carbocycles. The first kappa shape index (κ1) is 17.0. The van der Waals surface area contributed by atoms with Crippen LogP contribution in [0.25, 0.3) is 0 Å². The summed E-state index contributed by atoms with van der Waals surface area (Å²) in [5.74, 6) is 0.267. The number of hydrogen-bond donors (Lipinski definition) is 0. The van der Waals surface area contributed by atoms with Gasteiger partial charge in [-0.25, -0.2) is 0 Å². The third kappa shape index (κ3) is 3.90. The van der Waals surface area contributed by atoms with Crippen molar-refractivity contribution in [1.82, 2.24) is 9.80 Å². The molecule has 3 heterocycles. The third-order valence-electron chi connectivity index (χ3n) is 6.11. The van der Waals surface area contributed by atoms with Gasteiger partial charge in [-0.1, -0.05) is 30.7 Å². The number of carbonyl (C=O) groups excluding carboxylic acids is 1. The maximum Gasteiger partial charge on any atom is 0.225 e. The Bertz CT molecular complexity index is 597. The molecule has 1 aromatic carbocycles. The monoisotopic (exact) mass is 342 g/mol. The van der Waals surface area contributed by atoms with E-state index in [-0.39, 0.29) is 12.0 Å². The average Bonchev–Trinajstić information content (AvgIpc) is 2.69. The Morgan fingerprint density at radius 1 is 1.08 bits per heavy atom. The molecule has 25 heavy (non-hydrogen) atoms. The second-order valence-electron chi connectivity index (χ2n) is 7.74. The molecular formula is C21H30N2O2. The molecule has 3 aliphatic heterocycles. The van der Waals surface area contributed by atoms with Crippen LogP contribution in [-0.2, 0) is 16.0 Å². The third-order valence-corrected chi connectivity index (χ3v) is 6.11. The van der Waals surface area contributed by atoms with Gasteiger partial charge in [0.25, 0.3) is 0 Å². The predicted octanol–water partition coefficient (Wildman–Crippen LogP) is 3.17. The van der Waals surface area contributed by atoms with Gasteiger partial charge in [0, 0.05) is 19.1 Å². The SMILES string of the molecule is O=C(C[C@@H]1OCCc2ccccc21)N1CCC[C@@H](N2CCCCC2)C1. The molecule has 4 heteroatoms. The zero-order chi connectivity index (χ0) is 17.1. The van der Waals surface area contributed by atoms with Gasteiger partial charge in [0.05, 0.1) is 19.1 Å². The molecule has 0 unspecified atom stereocenters. The molecular weight excluding hydrogens is 312 g/mol. The van der Waals surface area contributed by atoms with Crippen molar-refractivity contribution in [3.63, 3.8) is 0 Å². The second-order valence-corrected chi connectivity index (χ2v) is 7.74. The number of carbonyl (C=O) groups is 1. The molecule has 0 aromatic heterocycles. The lowest BCUT2D eigenvalue weighted by Crippen LogP contribution is -2.51. The number of hydrogen-bond acceptors (Lipinski definition) is 3. The molecule has 0 bridgehead atoms. The highest BCUT2D eigenvalue weighted by Crippen LogP contribution is 2.30. The molecule has 2 saturated heterocycles. The largest absolute Gasteiger partial charge is 0.373 e. The molecule has 0 saturated carbocycles. The van der Waals surface area contributed by atoms with Crippen molar-refractivity contribution < 1.29 is 9.53 Å². The highest BCUT2D eigenvalue weighted by atomic mass is 16.5. The van der Waals surface area contributed by atoms with Crippen molar-refractivity contribution in [3.05, 3.63) is 35.4 Å².